The lowest BCUT2D eigenvalue weighted by atomic mass is 9.98. The van der Waals surface area contributed by atoms with Crippen molar-refractivity contribution in [1.82, 2.24) is 9.97 Å². The van der Waals surface area contributed by atoms with Crippen molar-refractivity contribution >= 4 is 11.6 Å². The van der Waals surface area contributed by atoms with Gasteiger partial charge in [-0.2, -0.15) is 18.2 Å². The van der Waals surface area contributed by atoms with Crippen LogP contribution in [0.15, 0.2) is 6.07 Å². The van der Waals surface area contributed by atoms with E-state index < -0.39 is 6.68 Å². The Bertz CT molecular complexity index is 364. The van der Waals surface area contributed by atoms with E-state index in [2.05, 4.69) is 9.97 Å². The highest BCUT2D eigenvalue weighted by molar-refractivity contribution is 6.29. The first kappa shape index (κ1) is 16.0. The third-order valence-corrected chi connectivity index (χ3v) is 2.82. The summed E-state index contributed by atoms with van der Waals surface area (Å²) in [6.07, 6.45) is 6.39. The van der Waals surface area contributed by atoms with Crippen LogP contribution in [0.25, 0.3) is 0 Å². The molecule has 1 aliphatic rings. The van der Waals surface area contributed by atoms with Crippen LogP contribution in [0, 0.1) is 6.92 Å². The van der Waals surface area contributed by atoms with E-state index in [0.29, 0.717) is 23.0 Å². The zero-order valence-corrected chi connectivity index (χ0v) is 11.3. The Kier molecular flexibility index (Phi) is 6.91. The van der Waals surface area contributed by atoms with Crippen molar-refractivity contribution in [1.29, 1.82) is 0 Å². The molecule has 7 heteroatoms. The molecule has 19 heavy (non-hydrogen) atoms. The first-order valence-electron chi connectivity index (χ1n) is 6.07. The molecule has 0 saturated heterocycles. The van der Waals surface area contributed by atoms with Crippen LogP contribution in [-0.2, 0) is 0 Å². The molecule has 0 aliphatic heterocycles. The number of hydrogen-bond donors (Lipinski definition) is 0. The van der Waals surface area contributed by atoms with E-state index in [1.165, 1.54) is 19.3 Å². The summed E-state index contributed by atoms with van der Waals surface area (Å²) in [5, 5.41) is 0.452. The highest BCUT2D eigenvalue weighted by atomic mass is 35.5. The quantitative estimate of drug-likeness (QED) is 0.762. The van der Waals surface area contributed by atoms with Gasteiger partial charge < -0.3 is 4.74 Å². The summed E-state index contributed by atoms with van der Waals surface area (Å²) in [6.45, 7) is -1.85. The minimum atomic E-state index is -3.67. The summed E-state index contributed by atoms with van der Waals surface area (Å²) in [5.41, 5.74) is 0. The third kappa shape index (κ3) is 7.20. The Hall–Kier alpha value is -1.04. The van der Waals surface area contributed by atoms with Gasteiger partial charge in [-0.1, -0.05) is 18.0 Å². The zero-order chi connectivity index (χ0) is 14.3. The van der Waals surface area contributed by atoms with Gasteiger partial charge in [-0.05, 0) is 32.6 Å². The number of alkyl halides is 3. The van der Waals surface area contributed by atoms with Gasteiger partial charge in [0, 0.05) is 6.07 Å². The van der Waals surface area contributed by atoms with Crippen molar-refractivity contribution in [2.75, 3.05) is 0 Å². The lowest BCUT2D eigenvalue weighted by Gasteiger charge is -2.22. The maximum Gasteiger partial charge on any atom is 0.379 e. The smallest absolute Gasteiger partial charge is 0.379 e. The molecule has 0 unspecified atom stereocenters. The van der Waals surface area contributed by atoms with E-state index in [0.717, 1.165) is 12.8 Å². The molecule has 2 rings (SSSR count). The molecule has 0 N–H and O–H groups in total. The van der Waals surface area contributed by atoms with Crippen LogP contribution in [0.4, 0.5) is 13.2 Å². The van der Waals surface area contributed by atoms with Gasteiger partial charge in [-0.3, -0.25) is 0 Å². The summed E-state index contributed by atoms with van der Waals surface area (Å²) in [4.78, 5) is 8.21. The van der Waals surface area contributed by atoms with Crippen LogP contribution in [0.1, 0.15) is 37.9 Å². The normalized spacial score (nSPS) is 15.9. The number of hydrogen-bond acceptors (Lipinski definition) is 3. The second kappa shape index (κ2) is 8.19. The van der Waals surface area contributed by atoms with Crippen molar-refractivity contribution in [3.63, 3.8) is 0 Å². The molecule has 108 valence electrons. The molecular formula is C12H16ClF3N2O. The van der Waals surface area contributed by atoms with Crippen molar-refractivity contribution in [2.45, 2.75) is 51.8 Å². The Balaban J connectivity index is 0.000000399. The van der Waals surface area contributed by atoms with E-state index in [1.54, 1.807) is 6.07 Å². The van der Waals surface area contributed by atoms with E-state index in [4.69, 9.17) is 16.3 Å². The molecule has 1 aromatic rings. The first-order valence-corrected chi connectivity index (χ1v) is 6.45. The van der Waals surface area contributed by atoms with Gasteiger partial charge in [0.15, 0.2) is 0 Å². The Morgan fingerprint density at radius 1 is 1.21 bits per heavy atom. The molecule has 0 radical (unpaired) electrons. The average molecular weight is 297 g/mol. The molecule has 0 spiro atoms. The third-order valence-electron chi connectivity index (χ3n) is 2.62. The van der Waals surface area contributed by atoms with Gasteiger partial charge in [0.25, 0.3) is 0 Å². The fraction of sp³-hybridized carbons (Fsp3) is 0.667. The molecule has 0 aromatic carbocycles. The SMILES string of the molecule is Cc1nc(Cl)cc(OC2CCCCC2)n1.FC(F)F. The van der Waals surface area contributed by atoms with Crippen LogP contribution in [0.5, 0.6) is 5.88 Å². The molecular weight excluding hydrogens is 281 g/mol. The van der Waals surface area contributed by atoms with Crippen LogP contribution in [0.3, 0.4) is 0 Å². The molecule has 1 fully saturated rings. The van der Waals surface area contributed by atoms with Crippen LogP contribution >= 0.6 is 11.6 Å². The van der Waals surface area contributed by atoms with E-state index in [9.17, 15) is 13.2 Å². The molecule has 1 aliphatic carbocycles. The number of aromatic nitrogens is 2. The molecule has 0 bridgehead atoms. The van der Waals surface area contributed by atoms with Crippen LogP contribution in [0.2, 0.25) is 5.15 Å². The highest BCUT2D eigenvalue weighted by Crippen LogP contribution is 2.23. The van der Waals surface area contributed by atoms with Gasteiger partial charge in [0.05, 0.1) is 0 Å². The number of aryl methyl sites for hydroxylation is 1. The topological polar surface area (TPSA) is 35.0 Å². The molecule has 1 saturated carbocycles. The van der Waals surface area contributed by atoms with Gasteiger partial charge in [0.1, 0.15) is 17.1 Å². The summed E-state index contributed by atoms with van der Waals surface area (Å²) in [5.74, 6) is 1.27. The minimum absolute atomic E-state index is 0.309. The zero-order valence-electron chi connectivity index (χ0n) is 10.6. The fourth-order valence-electron chi connectivity index (χ4n) is 1.92. The van der Waals surface area contributed by atoms with E-state index >= 15 is 0 Å². The van der Waals surface area contributed by atoms with E-state index in [-0.39, 0.29) is 0 Å². The predicted octanol–water partition coefficient (Wildman–Crippen LogP) is 4.33. The molecule has 3 nitrogen and oxygen atoms in total. The summed E-state index contributed by atoms with van der Waals surface area (Å²) < 4.78 is 34.8. The average Bonchev–Trinajstić information content (AvgIpc) is 2.28. The molecule has 0 atom stereocenters. The molecule has 1 aromatic heterocycles. The molecule has 0 amide bonds. The van der Waals surface area contributed by atoms with Crippen molar-refractivity contribution in [3.8, 4) is 5.88 Å². The largest absolute Gasteiger partial charge is 0.474 e. The highest BCUT2D eigenvalue weighted by Gasteiger charge is 2.15. The van der Waals surface area contributed by atoms with Crippen molar-refractivity contribution in [3.05, 3.63) is 17.0 Å². The Morgan fingerprint density at radius 2 is 1.79 bits per heavy atom. The second-order valence-electron chi connectivity index (χ2n) is 4.20. The van der Waals surface area contributed by atoms with Crippen molar-refractivity contribution in [2.24, 2.45) is 0 Å². The maximum absolute atomic E-state index is 9.67. The predicted molar refractivity (Wildman–Crippen MR) is 66.4 cm³/mol. The minimum Gasteiger partial charge on any atom is -0.474 e. The monoisotopic (exact) mass is 296 g/mol. The summed E-state index contributed by atoms with van der Waals surface area (Å²) >= 11 is 5.84. The van der Waals surface area contributed by atoms with Gasteiger partial charge in [-0.15, -0.1) is 0 Å². The second-order valence-corrected chi connectivity index (χ2v) is 4.59. The number of halogens is 4. The lowest BCUT2D eigenvalue weighted by Crippen LogP contribution is -2.20. The van der Waals surface area contributed by atoms with Crippen molar-refractivity contribution < 1.29 is 17.9 Å². The number of ether oxygens (including phenoxy) is 1. The number of nitrogens with zero attached hydrogens (tertiary/aromatic N) is 2. The van der Waals surface area contributed by atoms with Crippen LogP contribution in [-0.4, -0.2) is 22.8 Å². The Morgan fingerprint density at radius 3 is 2.32 bits per heavy atom. The standard InChI is InChI=1S/C11H15ClN2O.CHF3/c1-8-13-10(12)7-11(14-8)15-9-5-3-2-4-6-9;2-1(3)4/h7,9H,2-6H2,1H3;1H. The van der Waals surface area contributed by atoms with Crippen LogP contribution < -0.4 is 4.74 Å². The molecule has 1 heterocycles. The van der Waals surface area contributed by atoms with Gasteiger partial charge in [0.2, 0.25) is 5.88 Å². The van der Waals surface area contributed by atoms with Gasteiger partial charge in [-0.25, -0.2) is 4.98 Å². The maximum atomic E-state index is 9.67. The summed E-state index contributed by atoms with van der Waals surface area (Å²) in [6, 6.07) is 1.68. The fourth-order valence-corrected chi connectivity index (χ4v) is 2.14. The number of rotatable bonds is 2. The lowest BCUT2D eigenvalue weighted by molar-refractivity contribution is 0.00819. The first-order chi connectivity index (χ1) is 8.97. The van der Waals surface area contributed by atoms with Gasteiger partial charge >= 0.3 is 6.68 Å². The summed E-state index contributed by atoms with van der Waals surface area (Å²) in [7, 11) is 0. The Labute approximate surface area is 115 Å². The van der Waals surface area contributed by atoms with E-state index in [1.807, 2.05) is 6.92 Å².